The Kier molecular flexibility index (Phi) is 4.83. The summed E-state index contributed by atoms with van der Waals surface area (Å²) in [5.74, 6) is 1.37. The molecule has 18 heavy (non-hydrogen) atoms. The Hall–Kier alpha value is -0.810. The Bertz CT molecular complexity index is 397. The first-order valence-electron chi connectivity index (χ1n) is 6.41. The summed E-state index contributed by atoms with van der Waals surface area (Å²) in [5, 5.41) is 0.985. The highest BCUT2D eigenvalue weighted by molar-refractivity contribution is 9.09. The molecular weight excluding hydrogens is 296 g/mol. The van der Waals surface area contributed by atoms with Crippen molar-refractivity contribution in [3.63, 3.8) is 0 Å². The number of alkyl halides is 1. The van der Waals surface area contributed by atoms with E-state index in [4.69, 9.17) is 4.42 Å². The van der Waals surface area contributed by atoms with Gasteiger partial charge in [0.15, 0.2) is 5.76 Å². The highest BCUT2D eigenvalue weighted by Gasteiger charge is 2.23. The number of hydrogen-bond acceptors (Lipinski definition) is 3. The summed E-state index contributed by atoms with van der Waals surface area (Å²) in [6.45, 7) is 6.52. The summed E-state index contributed by atoms with van der Waals surface area (Å²) < 4.78 is 5.51. The lowest BCUT2D eigenvalue weighted by atomic mass is 10.3. The maximum absolute atomic E-state index is 12.2. The van der Waals surface area contributed by atoms with E-state index in [1.807, 2.05) is 17.9 Å². The van der Waals surface area contributed by atoms with E-state index in [9.17, 15) is 4.79 Å². The lowest BCUT2D eigenvalue weighted by Gasteiger charge is -2.33. The molecule has 100 valence electrons. The molecule has 0 spiro atoms. The van der Waals surface area contributed by atoms with Crippen molar-refractivity contribution in [2.45, 2.75) is 13.3 Å². The highest BCUT2D eigenvalue weighted by Crippen LogP contribution is 2.13. The second-order valence-corrected chi connectivity index (χ2v) is 5.24. The van der Waals surface area contributed by atoms with Crippen LogP contribution in [0.4, 0.5) is 0 Å². The number of hydrogen-bond donors (Lipinski definition) is 0. The number of rotatable bonds is 4. The normalized spacial score (nSPS) is 17.1. The number of carbonyl (C=O) groups excluding carboxylic acids is 1. The maximum Gasteiger partial charge on any atom is 0.289 e. The van der Waals surface area contributed by atoms with E-state index in [0.29, 0.717) is 5.76 Å². The molecule has 0 N–H and O–H groups in total. The van der Waals surface area contributed by atoms with Gasteiger partial charge < -0.3 is 9.32 Å². The van der Waals surface area contributed by atoms with Crippen LogP contribution in [0.1, 0.15) is 23.2 Å². The highest BCUT2D eigenvalue weighted by atomic mass is 79.9. The van der Waals surface area contributed by atoms with Crippen LogP contribution in [0.3, 0.4) is 0 Å². The zero-order chi connectivity index (χ0) is 13.0. The molecule has 1 amide bonds. The standard InChI is InChI=1S/C13H19BrN2O2/c1-2-11-3-4-12(18-11)13(17)16-9-7-15(6-5-14)8-10-16/h3-4H,2,5-10H2,1H3. The molecule has 2 rings (SSSR count). The van der Waals surface area contributed by atoms with Crippen molar-refractivity contribution in [3.8, 4) is 0 Å². The second-order valence-electron chi connectivity index (χ2n) is 4.44. The first kappa shape index (κ1) is 13.6. The van der Waals surface area contributed by atoms with E-state index in [-0.39, 0.29) is 5.91 Å². The van der Waals surface area contributed by atoms with E-state index < -0.39 is 0 Å². The van der Waals surface area contributed by atoms with Crippen LogP contribution in [0.2, 0.25) is 0 Å². The number of carbonyl (C=O) groups is 1. The molecular formula is C13H19BrN2O2. The topological polar surface area (TPSA) is 36.7 Å². The minimum atomic E-state index is 0.0215. The zero-order valence-electron chi connectivity index (χ0n) is 10.7. The molecule has 5 heteroatoms. The van der Waals surface area contributed by atoms with Crippen LogP contribution in [-0.2, 0) is 6.42 Å². The molecule has 1 saturated heterocycles. The summed E-state index contributed by atoms with van der Waals surface area (Å²) in [4.78, 5) is 16.4. The van der Waals surface area contributed by atoms with Crippen LogP contribution in [0, 0.1) is 0 Å². The van der Waals surface area contributed by atoms with Gasteiger partial charge in [0, 0.05) is 44.5 Å². The van der Waals surface area contributed by atoms with E-state index in [0.717, 1.165) is 50.2 Å². The van der Waals surface area contributed by atoms with E-state index in [1.54, 1.807) is 6.07 Å². The van der Waals surface area contributed by atoms with Gasteiger partial charge in [-0.15, -0.1) is 0 Å². The summed E-state index contributed by atoms with van der Waals surface area (Å²) in [6.07, 6.45) is 0.826. The van der Waals surface area contributed by atoms with Crippen LogP contribution in [0.25, 0.3) is 0 Å². The zero-order valence-corrected chi connectivity index (χ0v) is 12.3. The summed E-state index contributed by atoms with van der Waals surface area (Å²) in [5.41, 5.74) is 0. The molecule has 1 aromatic heterocycles. The van der Waals surface area contributed by atoms with Crippen molar-refractivity contribution < 1.29 is 9.21 Å². The molecule has 1 aliphatic heterocycles. The fourth-order valence-corrected chi connectivity index (χ4v) is 2.63. The molecule has 1 aromatic rings. The van der Waals surface area contributed by atoms with Gasteiger partial charge in [0.1, 0.15) is 5.76 Å². The Morgan fingerprint density at radius 1 is 1.33 bits per heavy atom. The predicted octanol–water partition coefficient (Wildman–Crippen LogP) is 1.99. The Labute approximate surface area is 116 Å². The summed E-state index contributed by atoms with van der Waals surface area (Å²) in [6, 6.07) is 3.67. The van der Waals surface area contributed by atoms with Crippen molar-refractivity contribution in [2.75, 3.05) is 38.1 Å². The number of halogens is 1. The molecule has 0 aliphatic carbocycles. The average molecular weight is 315 g/mol. The molecule has 0 bridgehead atoms. The van der Waals surface area contributed by atoms with Crippen molar-refractivity contribution >= 4 is 21.8 Å². The third-order valence-corrected chi connectivity index (χ3v) is 3.64. The van der Waals surface area contributed by atoms with Gasteiger partial charge in [-0.1, -0.05) is 22.9 Å². The van der Waals surface area contributed by atoms with Crippen molar-refractivity contribution in [2.24, 2.45) is 0 Å². The third-order valence-electron chi connectivity index (χ3n) is 3.28. The third kappa shape index (κ3) is 3.14. The Morgan fingerprint density at radius 3 is 2.61 bits per heavy atom. The lowest BCUT2D eigenvalue weighted by Crippen LogP contribution is -2.49. The largest absolute Gasteiger partial charge is 0.456 e. The van der Waals surface area contributed by atoms with Crippen molar-refractivity contribution in [3.05, 3.63) is 23.7 Å². The van der Waals surface area contributed by atoms with Crippen LogP contribution in [0.5, 0.6) is 0 Å². The number of piperazine rings is 1. The summed E-state index contributed by atoms with van der Waals surface area (Å²) in [7, 11) is 0. The SMILES string of the molecule is CCc1ccc(C(=O)N2CCN(CCBr)CC2)o1. The number of furan rings is 1. The van der Waals surface area contributed by atoms with Crippen molar-refractivity contribution in [1.82, 2.24) is 9.80 Å². The maximum atomic E-state index is 12.2. The Balaban J connectivity index is 1.91. The molecule has 1 fully saturated rings. The van der Waals surface area contributed by atoms with Gasteiger partial charge in [-0.3, -0.25) is 9.69 Å². The van der Waals surface area contributed by atoms with Gasteiger partial charge in [-0.2, -0.15) is 0 Å². The van der Waals surface area contributed by atoms with Gasteiger partial charge in [-0.05, 0) is 12.1 Å². The summed E-state index contributed by atoms with van der Waals surface area (Å²) >= 11 is 3.44. The minimum absolute atomic E-state index is 0.0215. The van der Waals surface area contributed by atoms with E-state index in [2.05, 4.69) is 20.8 Å². The van der Waals surface area contributed by atoms with E-state index >= 15 is 0 Å². The minimum Gasteiger partial charge on any atom is -0.456 e. The van der Waals surface area contributed by atoms with Gasteiger partial charge in [-0.25, -0.2) is 0 Å². The quantitative estimate of drug-likeness (QED) is 0.798. The van der Waals surface area contributed by atoms with Crippen LogP contribution in [0.15, 0.2) is 16.5 Å². The van der Waals surface area contributed by atoms with Gasteiger partial charge >= 0.3 is 0 Å². The van der Waals surface area contributed by atoms with Crippen LogP contribution < -0.4 is 0 Å². The monoisotopic (exact) mass is 314 g/mol. The number of aryl methyl sites for hydroxylation is 1. The molecule has 2 heterocycles. The average Bonchev–Trinajstić information content (AvgIpc) is 2.88. The second kappa shape index (κ2) is 6.38. The molecule has 0 radical (unpaired) electrons. The number of nitrogens with zero attached hydrogens (tertiary/aromatic N) is 2. The van der Waals surface area contributed by atoms with Crippen LogP contribution in [-0.4, -0.2) is 53.8 Å². The van der Waals surface area contributed by atoms with Crippen LogP contribution >= 0.6 is 15.9 Å². The smallest absolute Gasteiger partial charge is 0.289 e. The molecule has 4 nitrogen and oxygen atoms in total. The van der Waals surface area contributed by atoms with Gasteiger partial charge in [0.2, 0.25) is 0 Å². The molecule has 0 aromatic carbocycles. The van der Waals surface area contributed by atoms with E-state index in [1.165, 1.54) is 0 Å². The fraction of sp³-hybridized carbons (Fsp3) is 0.615. The fourth-order valence-electron chi connectivity index (χ4n) is 2.13. The first-order chi connectivity index (χ1) is 8.74. The molecule has 0 atom stereocenters. The van der Waals surface area contributed by atoms with Crippen molar-refractivity contribution in [1.29, 1.82) is 0 Å². The van der Waals surface area contributed by atoms with Gasteiger partial charge in [0.25, 0.3) is 5.91 Å². The van der Waals surface area contributed by atoms with Gasteiger partial charge in [0.05, 0.1) is 0 Å². The predicted molar refractivity (Wildman–Crippen MR) is 74.2 cm³/mol. The Morgan fingerprint density at radius 2 is 2.06 bits per heavy atom. The number of amides is 1. The molecule has 1 aliphatic rings. The molecule has 0 unspecified atom stereocenters. The first-order valence-corrected chi connectivity index (χ1v) is 7.53. The molecule has 0 saturated carbocycles. The lowest BCUT2D eigenvalue weighted by molar-refractivity contribution is 0.0612.